The first-order chi connectivity index (χ1) is 8.06. The summed E-state index contributed by atoms with van der Waals surface area (Å²) in [4.78, 5) is 14.0. The number of rotatable bonds is 2. The van der Waals surface area contributed by atoms with Gasteiger partial charge in [-0.15, -0.1) is 0 Å². The Labute approximate surface area is 103 Å². The van der Waals surface area contributed by atoms with Gasteiger partial charge in [-0.2, -0.15) is 0 Å². The van der Waals surface area contributed by atoms with Crippen LogP contribution in [0.1, 0.15) is 51.9 Å². The van der Waals surface area contributed by atoms with E-state index in [0.717, 1.165) is 38.8 Å². The van der Waals surface area contributed by atoms with Crippen molar-refractivity contribution in [1.29, 1.82) is 0 Å². The highest BCUT2D eigenvalue weighted by atomic mass is 16.4. The first-order valence-corrected chi connectivity index (χ1v) is 7.05. The molecule has 0 aromatic heterocycles. The highest BCUT2D eigenvalue weighted by Gasteiger charge is 2.57. The number of carbonyl (C=O) groups is 1. The van der Waals surface area contributed by atoms with Crippen molar-refractivity contribution in [3.8, 4) is 0 Å². The van der Waals surface area contributed by atoms with E-state index in [2.05, 4.69) is 11.8 Å². The third kappa shape index (κ3) is 1.62. The average molecular weight is 237 g/mol. The third-order valence-electron chi connectivity index (χ3n) is 5.57. The summed E-state index contributed by atoms with van der Waals surface area (Å²) in [6.07, 6.45) is 7.89. The Morgan fingerprint density at radius 1 is 1.18 bits per heavy atom. The van der Waals surface area contributed by atoms with Gasteiger partial charge in [-0.05, 0) is 49.9 Å². The summed E-state index contributed by atoms with van der Waals surface area (Å²) in [5.74, 6) is 0.139. The standard InChI is InChI=1S/C14H23NO2/c1-11-3-7-14(8-4-11,12(16)17)15-9-13(10-15)5-2-6-13/h11H,2-10H2,1H3,(H,16,17). The topological polar surface area (TPSA) is 40.5 Å². The summed E-state index contributed by atoms with van der Waals surface area (Å²) in [7, 11) is 0. The van der Waals surface area contributed by atoms with Crippen LogP contribution in [0.2, 0.25) is 0 Å². The zero-order valence-electron chi connectivity index (χ0n) is 10.7. The number of hydrogen-bond donors (Lipinski definition) is 1. The maximum atomic E-state index is 11.7. The molecular weight excluding hydrogens is 214 g/mol. The Kier molecular flexibility index (Phi) is 2.51. The number of carboxylic acids is 1. The lowest BCUT2D eigenvalue weighted by atomic mass is 9.61. The van der Waals surface area contributed by atoms with E-state index in [1.165, 1.54) is 19.3 Å². The van der Waals surface area contributed by atoms with E-state index < -0.39 is 11.5 Å². The molecular formula is C14H23NO2. The maximum absolute atomic E-state index is 11.7. The number of aliphatic carboxylic acids is 1. The highest BCUT2D eigenvalue weighted by Crippen LogP contribution is 2.52. The molecule has 0 bridgehead atoms. The van der Waals surface area contributed by atoms with Gasteiger partial charge in [0.25, 0.3) is 0 Å². The van der Waals surface area contributed by atoms with Crippen LogP contribution < -0.4 is 0 Å². The molecule has 3 fully saturated rings. The normalized spacial score (nSPS) is 40.6. The minimum Gasteiger partial charge on any atom is -0.480 e. The summed E-state index contributed by atoms with van der Waals surface area (Å²) in [6.45, 7) is 4.34. The van der Waals surface area contributed by atoms with Gasteiger partial charge in [0.05, 0.1) is 0 Å². The lowest BCUT2D eigenvalue weighted by Gasteiger charge is -2.62. The van der Waals surface area contributed by atoms with Gasteiger partial charge in [-0.3, -0.25) is 9.69 Å². The summed E-state index contributed by atoms with van der Waals surface area (Å²) in [5, 5.41) is 9.63. The summed E-state index contributed by atoms with van der Waals surface area (Å²) < 4.78 is 0. The average Bonchev–Trinajstić information content (AvgIpc) is 2.16. The fourth-order valence-corrected chi connectivity index (χ4v) is 3.96. The molecule has 0 unspecified atom stereocenters. The van der Waals surface area contributed by atoms with Crippen molar-refractivity contribution in [3.05, 3.63) is 0 Å². The van der Waals surface area contributed by atoms with Gasteiger partial charge < -0.3 is 5.11 Å². The predicted molar refractivity (Wildman–Crippen MR) is 65.9 cm³/mol. The summed E-state index contributed by atoms with van der Waals surface area (Å²) in [5.41, 5.74) is 0.0267. The van der Waals surface area contributed by atoms with Crippen LogP contribution in [0.4, 0.5) is 0 Å². The quantitative estimate of drug-likeness (QED) is 0.802. The van der Waals surface area contributed by atoms with Crippen LogP contribution in [0.5, 0.6) is 0 Å². The van der Waals surface area contributed by atoms with Crippen molar-refractivity contribution in [2.45, 2.75) is 57.4 Å². The largest absolute Gasteiger partial charge is 0.480 e. The van der Waals surface area contributed by atoms with Gasteiger partial charge in [-0.1, -0.05) is 13.3 Å². The van der Waals surface area contributed by atoms with Crippen LogP contribution in [-0.2, 0) is 4.79 Å². The van der Waals surface area contributed by atoms with E-state index in [4.69, 9.17) is 0 Å². The van der Waals surface area contributed by atoms with Crippen molar-refractivity contribution in [2.75, 3.05) is 13.1 Å². The molecule has 3 aliphatic rings. The molecule has 1 N–H and O–H groups in total. The molecule has 2 aliphatic carbocycles. The molecule has 1 aliphatic heterocycles. The number of hydrogen-bond acceptors (Lipinski definition) is 2. The van der Waals surface area contributed by atoms with Crippen LogP contribution >= 0.6 is 0 Å². The number of nitrogens with zero attached hydrogens (tertiary/aromatic N) is 1. The molecule has 3 heteroatoms. The van der Waals surface area contributed by atoms with Crippen LogP contribution in [0, 0.1) is 11.3 Å². The molecule has 0 aromatic carbocycles. The fraction of sp³-hybridized carbons (Fsp3) is 0.929. The van der Waals surface area contributed by atoms with E-state index >= 15 is 0 Å². The second-order valence-electron chi connectivity index (χ2n) is 6.73. The molecule has 3 nitrogen and oxygen atoms in total. The molecule has 0 aromatic rings. The molecule has 17 heavy (non-hydrogen) atoms. The van der Waals surface area contributed by atoms with Crippen molar-refractivity contribution >= 4 is 5.97 Å². The lowest BCUT2D eigenvalue weighted by molar-refractivity contribution is -0.176. The van der Waals surface area contributed by atoms with E-state index in [0.29, 0.717) is 11.3 Å². The molecule has 0 atom stereocenters. The van der Waals surface area contributed by atoms with Crippen LogP contribution in [0.3, 0.4) is 0 Å². The minimum absolute atomic E-state index is 0.507. The summed E-state index contributed by atoms with van der Waals surface area (Å²) >= 11 is 0. The van der Waals surface area contributed by atoms with Crippen molar-refractivity contribution in [1.82, 2.24) is 4.90 Å². The first kappa shape index (κ1) is 11.5. The number of likely N-dealkylation sites (tertiary alicyclic amines) is 1. The zero-order valence-corrected chi connectivity index (χ0v) is 10.7. The fourth-order valence-electron chi connectivity index (χ4n) is 3.96. The van der Waals surface area contributed by atoms with Crippen molar-refractivity contribution < 1.29 is 9.90 Å². The Hall–Kier alpha value is -0.570. The molecule has 1 spiro atoms. The van der Waals surface area contributed by atoms with Gasteiger partial charge in [0.1, 0.15) is 5.54 Å². The van der Waals surface area contributed by atoms with Gasteiger partial charge >= 0.3 is 5.97 Å². The van der Waals surface area contributed by atoms with Gasteiger partial charge in [0.2, 0.25) is 0 Å². The lowest BCUT2D eigenvalue weighted by Crippen LogP contribution is -2.70. The predicted octanol–water partition coefficient (Wildman–Crippen LogP) is 2.51. The van der Waals surface area contributed by atoms with E-state index in [-0.39, 0.29) is 0 Å². The SMILES string of the molecule is CC1CCC(C(=O)O)(N2CC3(CCC3)C2)CC1. The molecule has 96 valence electrons. The number of carboxylic acid groups (broad SMARTS) is 1. The van der Waals surface area contributed by atoms with Crippen LogP contribution in [0.25, 0.3) is 0 Å². The van der Waals surface area contributed by atoms with Crippen molar-refractivity contribution in [2.24, 2.45) is 11.3 Å². The van der Waals surface area contributed by atoms with E-state index in [1.54, 1.807) is 0 Å². The Morgan fingerprint density at radius 2 is 1.76 bits per heavy atom. The molecule has 0 radical (unpaired) electrons. The molecule has 0 amide bonds. The molecule has 1 heterocycles. The smallest absolute Gasteiger partial charge is 0.324 e. The third-order valence-corrected chi connectivity index (χ3v) is 5.57. The second-order valence-corrected chi connectivity index (χ2v) is 6.73. The Balaban J connectivity index is 1.70. The minimum atomic E-state index is -0.571. The second kappa shape index (κ2) is 3.71. The Morgan fingerprint density at radius 3 is 2.18 bits per heavy atom. The van der Waals surface area contributed by atoms with E-state index in [9.17, 15) is 9.90 Å². The monoisotopic (exact) mass is 237 g/mol. The van der Waals surface area contributed by atoms with Gasteiger partial charge in [0, 0.05) is 13.1 Å². The van der Waals surface area contributed by atoms with Crippen molar-refractivity contribution in [3.63, 3.8) is 0 Å². The molecule has 3 rings (SSSR count). The highest BCUT2D eigenvalue weighted by molar-refractivity contribution is 5.79. The van der Waals surface area contributed by atoms with Crippen LogP contribution in [-0.4, -0.2) is 34.6 Å². The van der Waals surface area contributed by atoms with Crippen LogP contribution in [0.15, 0.2) is 0 Å². The maximum Gasteiger partial charge on any atom is 0.324 e. The van der Waals surface area contributed by atoms with Gasteiger partial charge in [0.15, 0.2) is 0 Å². The Bertz CT molecular complexity index is 319. The molecule has 2 saturated carbocycles. The zero-order chi connectivity index (χ0) is 12.1. The van der Waals surface area contributed by atoms with Gasteiger partial charge in [-0.25, -0.2) is 0 Å². The summed E-state index contributed by atoms with van der Waals surface area (Å²) in [6, 6.07) is 0. The first-order valence-electron chi connectivity index (χ1n) is 7.05. The van der Waals surface area contributed by atoms with E-state index in [1.807, 2.05) is 0 Å². The molecule has 1 saturated heterocycles.